The zero-order valence-corrected chi connectivity index (χ0v) is 23.1. The van der Waals surface area contributed by atoms with Crippen LogP contribution in [0.25, 0.3) is 0 Å². The van der Waals surface area contributed by atoms with Crippen LogP contribution in [0.15, 0.2) is 11.6 Å². The van der Waals surface area contributed by atoms with Crippen LogP contribution in [0.2, 0.25) is 0 Å². The number of nitrogens with zero attached hydrogens (tertiary/aromatic N) is 3. The largest absolute Gasteiger partial charge is 0.394 e. The number of nitrogens with one attached hydrogen (secondary N) is 1. The van der Waals surface area contributed by atoms with Crippen molar-refractivity contribution in [3.63, 3.8) is 0 Å². The Balaban J connectivity index is 2.23. The quantitative estimate of drug-likeness (QED) is 0.508. The van der Waals surface area contributed by atoms with Crippen molar-refractivity contribution < 1.29 is 19.5 Å². The second kappa shape index (κ2) is 12.3. The van der Waals surface area contributed by atoms with E-state index in [9.17, 15) is 19.5 Å². The van der Waals surface area contributed by atoms with Crippen molar-refractivity contribution in [1.82, 2.24) is 20.0 Å². The number of likely N-dealkylation sites (N-methyl/N-ethyl adjacent to an activating group) is 2. The number of hydrogen-bond donors (Lipinski definition) is 2. The Morgan fingerprint density at radius 1 is 1.11 bits per heavy atom. The number of carbonyl (C=O) groups excluding carboxylic acids is 3. The molecule has 0 aromatic heterocycles. The maximum atomic E-state index is 13.8. The van der Waals surface area contributed by atoms with Gasteiger partial charge in [0.1, 0.15) is 6.04 Å². The molecule has 0 unspecified atom stereocenters. The summed E-state index contributed by atoms with van der Waals surface area (Å²) in [4.78, 5) is 45.5. The maximum absolute atomic E-state index is 13.8. The molecule has 3 amide bonds. The Kier molecular flexibility index (Phi) is 10.3. The van der Waals surface area contributed by atoms with Crippen LogP contribution in [0.3, 0.4) is 0 Å². The van der Waals surface area contributed by atoms with E-state index in [4.69, 9.17) is 0 Å². The summed E-state index contributed by atoms with van der Waals surface area (Å²) in [5, 5.41) is 12.7. The van der Waals surface area contributed by atoms with Gasteiger partial charge in [-0.1, -0.05) is 47.1 Å². The topological polar surface area (TPSA) is 93.2 Å². The van der Waals surface area contributed by atoms with Gasteiger partial charge in [-0.3, -0.25) is 19.3 Å². The molecule has 2 heterocycles. The SMILES string of the molecule is C/C(=C\[C@H](C(C)C)N(C)C(=O)[C@@H](NC(=O)[C@H]1CCCCN1C)C(C)(C)C)C(=O)N1CCC[C@H]1CO. The van der Waals surface area contributed by atoms with Gasteiger partial charge in [0.05, 0.1) is 24.7 Å². The lowest BCUT2D eigenvalue weighted by atomic mass is 9.84. The van der Waals surface area contributed by atoms with E-state index in [1.165, 1.54) is 0 Å². The highest BCUT2D eigenvalue weighted by Crippen LogP contribution is 2.26. The van der Waals surface area contributed by atoms with Gasteiger partial charge in [-0.2, -0.15) is 0 Å². The summed E-state index contributed by atoms with van der Waals surface area (Å²) in [6, 6.07) is -1.34. The van der Waals surface area contributed by atoms with Gasteiger partial charge in [0.2, 0.25) is 17.7 Å². The zero-order valence-electron chi connectivity index (χ0n) is 23.1. The molecule has 8 nitrogen and oxygen atoms in total. The van der Waals surface area contributed by atoms with E-state index in [2.05, 4.69) is 10.2 Å². The van der Waals surface area contributed by atoms with Gasteiger partial charge in [-0.05, 0) is 57.5 Å². The lowest BCUT2D eigenvalue weighted by Crippen LogP contribution is -2.59. The fourth-order valence-electron chi connectivity index (χ4n) is 5.24. The third kappa shape index (κ3) is 7.29. The summed E-state index contributed by atoms with van der Waals surface area (Å²) < 4.78 is 0. The first kappa shape index (κ1) is 29.3. The molecule has 0 radical (unpaired) electrons. The third-order valence-electron chi connectivity index (χ3n) is 7.56. The Morgan fingerprint density at radius 2 is 1.77 bits per heavy atom. The normalized spacial score (nSPS) is 23.8. The van der Waals surface area contributed by atoms with Gasteiger partial charge in [-0.15, -0.1) is 0 Å². The van der Waals surface area contributed by atoms with E-state index >= 15 is 0 Å². The Hall–Kier alpha value is -1.93. The number of carbonyl (C=O) groups is 3. The molecular weight excluding hydrogens is 444 g/mol. The molecule has 0 aliphatic carbocycles. The molecule has 0 spiro atoms. The summed E-state index contributed by atoms with van der Waals surface area (Å²) >= 11 is 0. The Labute approximate surface area is 212 Å². The first-order valence-electron chi connectivity index (χ1n) is 13.2. The molecular formula is C27H48N4O4. The highest BCUT2D eigenvalue weighted by atomic mass is 16.3. The minimum absolute atomic E-state index is 0.0336. The second-order valence-electron chi connectivity index (χ2n) is 11.8. The number of hydrogen-bond acceptors (Lipinski definition) is 5. The van der Waals surface area contributed by atoms with Gasteiger partial charge < -0.3 is 20.2 Å². The highest BCUT2D eigenvalue weighted by Gasteiger charge is 2.39. The molecule has 2 saturated heterocycles. The molecule has 0 bridgehead atoms. The van der Waals surface area contributed by atoms with Crippen molar-refractivity contribution >= 4 is 17.7 Å². The molecule has 0 aromatic rings. The van der Waals surface area contributed by atoms with E-state index in [0.717, 1.165) is 38.6 Å². The smallest absolute Gasteiger partial charge is 0.249 e. The number of piperidine rings is 1. The minimum Gasteiger partial charge on any atom is -0.394 e. The molecule has 2 N–H and O–H groups in total. The second-order valence-corrected chi connectivity index (χ2v) is 11.8. The Bertz CT molecular complexity index is 789. The minimum atomic E-state index is -0.682. The van der Waals surface area contributed by atoms with E-state index in [1.807, 2.05) is 47.7 Å². The number of amides is 3. The predicted molar refractivity (Wildman–Crippen MR) is 139 cm³/mol. The molecule has 2 aliphatic rings. The summed E-state index contributed by atoms with van der Waals surface area (Å²) in [7, 11) is 3.72. The predicted octanol–water partition coefficient (Wildman–Crippen LogP) is 2.41. The van der Waals surface area contributed by atoms with Crippen LogP contribution in [0, 0.1) is 11.3 Å². The standard InChI is InChI=1S/C27H48N4O4/c1-18(2)22(16-19(3)25(34)31-15-11-12-20(31)17-32)30(8)26(35)23(27(4,5)6)28-24(33)21-13-9-10-14-29(21)7/h16,18,20-23,32H,9-15,17H2,1-8H3,(H,28,33)/b19-16+/t20-,21+,22+,23+/m0/s1. The molecule has 0 aromatic carbocycles. The lowest BCUT2D eigenvalue weighted by molar-refractivity contribution is -0.141. The number of aliphatic hydroxyl groups is 1. The van der Waals surface area contributed by atoms with Crippen LogP contribution >= 0.6 is 0 Å². The molecule has 4 atom stereocenters. The van der Waals surface area contributed by atoms with Gasteiger partial charge in [0, 0.05) is 19.2 Å². The van der Waals surface area contributed by atoms with Gasteiger partial charge in [-0.25, -0.2) is 0 Å². The van der Waals surface area contributed by atoms with Gasteiger partial charge >= 0.3 is 0 Å². The summed E-state index contributed by atoms with van der Waals surface area (Å²) in [6.07, 6.45) is 6.46. The van der Waals surface area contributed by atoms with Crippen molar-refractivity contribution in [1.29, 1.82) is 0 Å². The highest BCUT2D eigenvalue weighted by molar-refractivity contribution is 5.94. The fraction of sp³-hybridized carbons (Fsp3) is 0.815. The van der Waals surface area contributed by atoms with E-state index in [-0.39, 0.29) is 48.4 Å². The van der Waals surface area contributed by atoms with Crippen LogP contribution in [0.1, 0.15) is 73.6 Å². The van der Waals surface area contributed by atoms with Crippen LogP contribution in [-0.4, -0.2) is 95.5 Å². The molecule has 2 aliphatic heterocycles. The van der Waals surface area contributed by atoms with Crippen LogP contribution in [-0.2, 0) is 14.4 Å². The fourth-order valence-corrected chi connectivity index (χ4v) is 5.24. The monoisotopic (exact) mass is 492 g/mol. The number of rotatable bonds is 8. The van der Waals surface area contributed by atoms with Crippen LogP contribution in [0.4, 0.5) is 0 Å². The number of aliphatic hydroxyl groups excluding tert-OH is 1. The van der Waals surface area contributed by atoms with Crippen LogP contribution < -0.4 is 5.32 Å². The molecule has 0 saturated carbocycles. The molecule has 8 heteroatoms. The Morgan fingerprint density at radius 3 is 2.31 bits per heavy atom. The lowest BCUT2D eigenvalue weighted by Gasteiger charge is -2.39. The average Bonchev–Trinajstić information content (AvgIpc) is 3.27. The van der Waals surface area contributed by atoms with Crippen molar-refractivity contribution in [2.45, 2.75) is 97.8 Å². The summed E-state index contributed by atoms with van der Waals surface area (Å²) in [5.74, 6) is -0.274. The number of likely N-dealkylation sites (tertiary alicyclic amines) is 2. The first-order chi connectivity index (χ1) is 16.3. The maximum Gasteiger partial charge on any atom is 0.249 e. The zero-order chi connectivity index (χ0) is 26.5. The van der Waals surface area contributed by atoms with E-state index < -0.39 is 11.5 Å². The van der Waals surface area contributed by atoms with Crippen LogP contribution in [0.5, 0.6) is 0 Å². The molecule has 200 valence electrons. The third-order valence-corrected chi connectivity index (χ3v) is 7.56. The van der Waals surface area contributed by atoms with Gasteiger partial charge in [0.15, 0.2) is 0 Å². The van der Waals surface area contributed by atoms with Crippen molar-refractivity contribution in [3.05, 3.63) is 11.6 Å². The van der Waals surface area contributed by atoms with E-state index in [1.54, 1.807) is 23.8 Å². The first-order valence-corrected chi connectivity index (χ1v) is 13.2. The molecule has 2 fully saturated rings. The average molecular weight is 493 g/mol. The van der Waals surface area contributed by atoms with Crippen molar-refractivity contribution in [2.24, 2.45) is 11.3 Å². The summed E-state index contributed by atoms with van der Waals surface area (Å²) in [6.45, 7) is 13.2. The summed E-state index contributed by atoms with van der Waals surface area (Å²) in [5.41, 5.74) is 0.0951. The van der Waals surface area contributed by atoms with Crippen molar-refractivity contribution in [2.75, 3.05) is 33.8 Å². The molecule has 35 heavy (non-hydrogen) atoms. The van der Waals surface area contributed by atoms with E-state index in [0.29, 0.717) is 12.1 Å². The van der Waals surface area contributed by atoms with Gasteiger partial charge in [0.25, 0.3) is 0 Å². The molecule has 2 rings (SSSR count). The van der Waals surface area contributed by atoms with Crippen molar-refractivity contribution in [3.8, 4) is 0 Å².